The van der Waals surface area contributed by atoms with Crippen LogP contribution in [0.2, 0.25) is 15.1 Å². The minimum absolute atomic E-state index is 0.226. The van der Waals surface area contributed by atoms with Gasteiger partial charge in [-0.25, -0.2) is 4.79 Å². The van der Waals surface area contributed by atoms with E-state index in [1.54, 1.807) is 0 Å². The highest BCUT2D eigenvalue weighted by molar-refractivity contribution is 6.41. The second kappa shape index (κ2) is 6.21. The van der Waals surface area contributed by atoms with Gasteiger partial charge in [0, 0.05) is 5.02 Å². The maximum Gasteiger partial charge on any atom is 0.328 e. The van der Waals surface area contributed by atoms with Gasteiger partial charge in [0.1, 0.15) is 5.56 Å². The third-order valence-corrected chi connectivity index (χ3v) is 3.15. The lowest BCUT2D eigenvalue weighted by molar-refractivity contribution is 0.447. The third kappa shape index (κ3) is 3.57. The molecule has 0 bridgehead atoms. The summed E-state index contributed by atoms with van der Waals surface area (Å²) in [7, 11) is 0. The number of aromatic amines is 2. The van der Waals surface area contributed by atoms with Crippen LogP contribution < -0.4 is 16.7 Å². The average molecular weight is 350 g/mol. The quantitative estimate of drug-likeness (QED) is 0.503. The van der Waals surface area contributed by atoms with Crippen molar-refractivity contribution in [2.45, 2.75) is 0 Å². The highest BCUT2D eigenvalue weighted by Gasteiger charge is 2.08. The van der Waals surface area contributed by atoms with E-state index in [1.807, 2.05) is 9.97 Å². The fourth-order valence-electron chi connectivity index (χ4n) is 1.41. The fourth-order valence-corrected chi connectivity index (χ4v) is 2.32. The number of hydrogen-bond donors (Lipinski definition) is 4. The topological polar surface area (TPSA) is 110 Å². The normalized spacial score (nSPS) is 11.0. The second-order valence-electron chi connectivity index (χ2n) is 3.78. The monoisotopic (exact) mass is 348 g/mol. The fraction of sp³-hybridized carbons (Fsp3) is 0. The summed E-state index contributed by atoms with van der Waals surface area (Å²) in [5.41, 5.74) is 0.937. The van der Waals surface area contributed by atoms with E-state index in [1.165, 1.54) is 12.1 Å². The van der Waals surface area contributed by atoms with Gasteiger partial charge in [0.05, 0.1) is 21.9 Å². The zero-order valence-corrected chi connectivity index (χ0v) is 12.3. The van der Waals surface area contributed by atoms with Crippen LogP contribution in [0.25, 0.3) is 0 Å². The number of aromatic nitrogens is 2. The van der Waals surface area contributed by atoms with Crippen LogP contribution in [-0.2, 0) is 0 Å². The highest BCUT2D eigenvalue weighted by atomic mass is 35.5. The lowest BCUT2D eigenvalue weighted by Gasteiger charge is -2.06. The van der Waals surface area contributed by atoms with Gasteiger partial charge in [-0.05, 0) is 12.1 Å². The maximum absolute atomic E-state index is 11.5. The molecule has 4 N–H and O–H groups in total. The number of rotatable bonds is 3. The van der Waals surface area contributed by atoms with E-state index in [0.717, 1.165) is 6.21 Å². The third-order valence-electron chi connectivity index (χ3n) is 2.34. The highest BCUT2D eigenvalue weighted by Crippen LogP contribution is 2.33. The van der Waals surface area contributed by atoms with E-state index in [0.29, 0.717) is 5.02 Å². The van der Waals surface area contributed by atoms with E-state index >= 15 is 0 Å². The Balaban J connectivity index is 2.29. The molecule has 0 unspecified atom stereocenters. The number of H-pyrrole nitrogens is 2. The molecule has 1 heterocycles. The maximum atomic E-state index is 11.5. The predicted octanol–water partition coefficient (Wildman–Crippen LogP) is 2.17. The van der Waals surface area contributed by atoms with Gasteiger partial charge < -0.3 is 5.11 Å². The number of benzene rings is 1. The molecule has 0 saturated heterocycles. The number of aromatic hydroxyl groups is 1. The summed E-state index contributed by atoms with van der Waals surface area (Å²) < 4.78 is 0. The molecule has 2 rings (SSSR count). The number of halogens is 3. The minimum Gasteiger partial charge on any atom is -0.494 e. The van der Waals surface area contributed by atoms with E-state index in [-0.39, 0.29) is 21.3 Å². The van der Waals surface area contributed by atoms with E-state index < -0.39 is 17.1 Å². The van der Waals surface area contributed by atoms with E-state index in [4.69, 9.17) is 34.8 Å². The summed E-state index contributed by atoms with van der Waals surface area (Å²) in [4.78, 5) is 26.3. The van der Waals surface area contributed by atoms with Gasteiger partial charge in [0.25, 0.3) is 5.56 Å². The first kappa shape index (κ1) is 15.4. The first-order valence-corrected chi connectivity index (χ1v) is 6.51. The summed E-state index contributed by atoms with van der Waals surface area (Å²) in [6, 6.07) is 2.91. The molecule has 10 heteroatoms. The molecular weight excluding hydrogens is 343 g/mol. The van der Waals surface area contributed by atoms with Crippen molar-refractivity contribution in [1.29, 1.82) is 0 Å². The molecule has 110 valence electrons. The van der Waals surface area contributed by atoms with Crippen LogP contribution in [0, 0.1) is 0 Å². The Labute approximate surface area is 132 Å². The molecule has 21 heavy (non-hydrogen) atoms. The van der Waals surface area contributed by atoms with Gasteiger partial charge in [0.2, 0.25) is 5.88 Å². The predicted molar refractivity (Wildman–Crippen MR) is 82.0 cm³/mol. The Kier molecular flexibility index (Phi) is 4.56. The molecule has 1 aromatic carbocycles. The largest absolute Gasteiger partial charge is 0.494 e. The van der Waals surface area contributed by atoms with Crippen LogP contribution in [0.5, 0.6) is 5.88 Å². The van der Waals surface area contributed by atoms with Gasteiger partial charge in [-0.1, -0.05) is 34.8 Å². The van der Waals surface area contributed by atoms with Crippen molar-refractivity contribution in [3.8, 4) is 5.88 Å². The van der Waals surface area contributed by atoms with Crippen LogP contribution in [0.15, 0.2) is 26.8 Å². The molecule has 0 amide bonds. The van der Waals surface area contributed by atoms with Crippen molar-refractivity contribution in [3.63, 3.8) is 0 Å². The van der Waals surface area contributed by atoms with Crippen LogP contribution in [0.4, 0.5) is 5.69 Å². The van der Waals surface area contributed by atoms with Crippen LogP contribution in [0.1, 0.15) is 5.56 Å². The molecular formula is C11H7Cl3N4O3. The standard InChI is InChI=1S/C11H7Cl3N4O3/c12-4-1-6(13)8(7(14)2-4)18-15-3-5-9(19)16-11(21)17-10(5)20/h1-3,18H,(H3,16,17,19,20,21)/b15-3+. The van der Waals surface area contributed by atoms with Crippen LogP contribution >= 0.6 is 34.8 Å². The molecule has 0 spiro atoms. The first-order valence-electron chi connectivity index (χ1n) is 5.37. The number of hydrazone groups is 1. The van der Waals surface area contributed by atoms with Crippen LogP contribution in [-0.4, -0.2) is 21.3 Å². The summed E-state index contributed by atoms with van der Waals surface area (Å²) >= 11 is 17.6. The first-order chi connectivity index (χ1) is 9.88. The zero-order valence-electron chi connectivity index (χ0n) is 10.1. The van der Waals surface area contributed by atoms with Crippen molar-refractivity contribution in [1.82, 2.24) is 9.97 Å². The summed E-state index contributed by atoms with van der Waals surface area (Å²) in [6.45, 7) is 0. The second-order valence-corrected chi connectivity index (χ2v) is 5.04. The molecule has 1 aromatic heterocycles. The van der Waals surface area contributed by atoms with E-state index in [9.17, 15) is 14.7 Å². The summed E-state index contributed by atoms with van der Waals surface area (Å²) in [5.74, 6) is -0.609. The van der Waals surface area contributed by atoms with Gasteiger partial charge in [-0.15, -0.1) is 0 Å². The zero-order chi connectivity index (χ0) is 15.6. The molecule has 0 aliphatic heterocycles. The Morgan fingerprint density at radius 3 is 2.33 bits per heavy atom. The number of nitrogens with one attached hydrogen (secondary N) is 3. The Morgan fingerprint density at radius 2 is 1.76 bits per heavy atom. The SMILES string of the molecule is O=c1[nH]c(O)c(/C=N/Nc2c(Cl)cc(Cl)cc2Cl)c(=O)[nH]1. The lowest BCUT2D eigenvalue weighted by atomic mass is 10.3. The minimum atomic E-state index is -0.827. The lowest BCUT2D eigenvalue weighted by Crippen LogP contribution is -2.25. The Hall–Kier alpha value is -1.96. The summed E-state index contributed by atoms with van der Waals surface area (Å²) in [6.07, 6.45) is 1.01. The molecule has 0 aliphatic carbocycles. The van der Waals surface area contributed by atoms with Gasteiger partial charge >= 0.3 is 5.69 Å². The van der Waals surface area contributed by atoms with Gasteiger partial charge in [0.15, 0.2) is 0 Å². The summed E-state index contributed by atoms with van der Waals surface area (Å²) in [5, 5.41) is 14.0. The molecule has 2 aromatic rings. The van der Waals surface area contributed by atoms with Crippen molar-refractivity contribution in [3.05, 3.63) is 53.6 Å². The molecule has 0 radical (unpaired) electrons. The van der Waals surface area contributed by atoms with Crippen LogP contribution in [0.3, 0.4) is 0 Å². The number of hydrogen-bond acceptors (Lipinski definition) is 5. The van der Waals surface area contributed by atoms with E-state index in [2.05, 4.69) is 10.5 Å². The van der Waals surface area contributed by atoms with Crippen molar-refractivity contribution < 1.29 is 5.11 Å². The van der Waals surface area contributed by atoms with Crippen molar-refractivity contribution in [2.24, 2.45) is 5.10 Å². The molecule has 0 aliphatic rings. The Bertz CT molecular complexity index is 805. The molecule has 0 fully saturated rings. The molecule has 0 atom stereocenters. The molecule has 7 nitrogen and oxygen atoms in total. The van der Waals surface area contributed by atoms with Gasteiger partial charge in [-0.2, -0.15) is 5.10 Å². The number of nitrogens with zero attached hydrogens (tertiary/aromatic N) is 1. The Morgan fingerprint density at radius 1 is 1.14 bits per heavy atom. The average Bonchev–Trinajstić information content (AvgIpc) is 2.34. The number of anilines is 1. The van der Waals surface area contributed by atoms with Gasteiger partial charge in [-0.3, -0.25) is 20.2 Å². The van der Waals surface area contributed by atoms with Crippen molar-refractivity contribution >= 4 is 46.7 Å². The smallest absolute Gasteiger partial charge is 0.328 e. The molecule has 0 saturated carbocycles. The van der Waals surface area contributed by atoms with Crippen molar-refractivity contribution in [2.75, 3.05) is 5.43 Å².